The molecule has 0 aliphatic carbocycles. The highest BCUT2D eigenvalue weighted by atomic mass is 32.1. The van der Waals surface area contributed by atoms with Crippen LogP contribution in [0.2, 0.25) is 0 Å². The van der Waals surface area contributed by atoms with Gasteiger partial charge in [-0.05, 0) is 37.6 Å². The SMILES string of the molecule is COc1ccc2sc3c(=O)n(CCCCN4C[C@@H]5COc6cccc(OC)c6[C@@H]5C4)c(=O)[nH]c3c2n1. The van der Waals surface area contributed by atoms with Crippen molar-refractivity contribution in [2.75, 3.05) is 40.5 Å². The third-order valence-corrected chi connectivity index (χ3v) is 8.46. The maximum absolute atomic E-state index is 13.1. The van der Waals surface area contributed by atoms with E-state index in [0.717, 1.165) is 55.3 Å². The molecule has 2 atom stereocenters. The van der Waals surface area contributed by atoms with Gasteiger partial charge in [-0.1, -0.05) is 6.07 Å². The number of aromatic nitrogens is 3. The molecule has 10 heteroatoms. The van der Waals surface area contributed by atoms with Crippen LogP contribution in [0.4, 0.5) is 0 Å². The van der Waals surface area contributed by atoms with E-state index in [9.17, 15) is 9.59 Å². The molecule has 6 rings (SSSR count). The van der Waals surface area contributed by atoms with Crippen LogP contribution in [0.1, 0.15) is 24.3 Å². The first-order valence-electron chi connectivity index (χ1n) is 12.2. The number of fused-ring (bicyclic) bond motifs is 6. The lowest BCUT2D eigenvalue weighted by atomic mass is 9.86. The van der Waals surface area contributed by atoms with Gasteiger partial charge in [0.2, 0.25) is 5.88 Å². The van der Waals surface area contributed by atoms with E-state index in [4.69, 9.17) is 14.2 Å². The minimum absolute atomic E-state index is 0.260. The van der Waals surface area contributed by atoms with Gasteiger partial charge in [0.05, 0.1) is 31.0 Å². The number of thiophene rings is 1. The number of methoxy groups -OCH3 is 2. The fourth-order valence-corrected chi connectivity index (χ4v) is 6.61. The Morgan fingerprint density at radius 1 is 1.11 bits per heavy atom. The van der Waals surface area contributed by atoms with E-state index in [1.807, 2.05) is 24.3 Å². The second-order valence-corrected chi connectivity index (χ2v) is 10.5. The molecule has 0 saturated carbocycles. The summed E-state index contributed by atoms with van der Waals surface area (Å²) in [5.41, 5.74) is 1.60. The van der Waals surface area contributed by atoms with E-state index in [2.05, 4.69) is 14.9 Å². The van der Waals surface area contributed by atoms with Crippen molar-refractivity contribution in [1.82, 2.24) is 19.4 Å². The van der Waals surface area contributed by atoms with Crippen molar-refractivity contribution in [1.29, 1.82) is 0 Å². The van der Waals surface area contributed by atoms with Crippen LogP contribution < -0.4 is 25.5 Å². The number of benzene rings is 1. The molecule has 0 amide bonds. The smallest absolute Gasteiger partial charge is 0.328 e. The predicted molar refractivity (Wildman–Crippen MR) is 139 cm³/mol. The summed E-state index contributed by atoms with van der Waals surface area (Å²) in [7, 11) is 3.25. The quantitative estimate of drug-likeness (QED) is 0.383. The fraction of sp³-hybridized carbons (Fsp3) is 0.423. The number of pyridine rings is 1. The molecule has 1 aromatic carbocycles. The Bertz CT molecular complexity index is 1540. The summed E-state index contributed by atoms with van der Waals surface area (Å²) in [5.74, 6) is 3.12. The number of likely N-dealkylation sites (tertiary alicyclic amines) is 1. The topological polar surface area (TPSA) is 98.7 Å². The molecule has 0 spiro atoms. The third kappa shape index (κ3) is 3.84. The molecule has 36 heavy (non-hydrogen) atoms. The summed E-state index contributed by atoms with van der Waals surface area (Å²) < 4.78 is 19.5. The number of hydrogen-bond acceptors (Lipinski definition) is 8. The van der Waals surface area contributed by atoms with Gasteiger partial charge in [-0.2, -0.15) is 0 Å². The second-order valence-electron chi connectivity index (χ2n) is 9.41. The zero-order valence-electron chi connectivity index (χ0n) is 20.3. The fourth-order valence-electron chi connectivity index (χ4n) is 5.57. The lowest BCUT2D eigenvalue weighted by Gasteiger charge is -2.29. The van der Waals surface area contributed by atoms with Crippen LogP contribution in [0.25, 0.3) is 20.4 Å². The molecule has 5 heterocycles. The highest BCUT2D eigenvalue weighted by Crippen LogP contribution is 2.46. The van der Waals surface area contributed by atoms with Crippen molar-refractivity contribution < 1.29 is 14.2 Å². The van der Waals surface area contributed by atoms with E-state index in [1.165, 1.54) is 28.6 Å². The monoisotopic (exact) mass is 508 g/mol. The summed E-state index contributed by atoms with van der Waals surface area (Å²) in [6.45, 7) is 3.97. The van der Waals surface area contributed by atoms with Crippen LogP contribution in [-0.2, 0) is 6.54 Å². The Balaban J connectivity index is 1.13. The molecule has 3 aromatic heterocycles. The van der Waals surface area contributed by atoms with E-state index in [-0.39, 0.29) is 5.56 Å². The van der Waals surface area contributed by atoms with Crippen molar-refractivity contribution in [3.05, 3.63) is 56.7 Å². The zero-order chi connectivity index (χ0) is 24.8. The van der Waals surface area contributed by atoms with Gasteiger partial charge in [-0.25, -0.2) is 9.78 Å². The van der Waals surface area contributed by atoms with E-state index in [1.54, 1.807) is 13.2 Å². The molecule has 4 aromatic rings. The molecule has 2 aliphatic rings. The molecule has 0 unspecified atom stereocenters. The van der Waals surface area contributed by atoms with Gasteiger partial charge >= 0.3 is 5.69 Å². The number of ether oxygens (including phenoxy) is 3. The van der Waals surface area contributed by atoms with Gasteiger partial charge in [0.25, 0.3) is 5.56 Å². The number of nitrogens with zero attached hydrogens (tertiary/aromatic N) is 3. The Morgan fingerprint density at radius 3 is 2.81 bits per heavy atom. The summed E-state index contributed by atoms with van der Waals surface area (Å²) >= 11 is 1.35. The Kier molecular flexibility index (Phi) is 5.93. The summed E-state index contributed by atoms with van der Waals surface area (Å²) in [5, 5.41) is 0. The predicted octanol–water partition coefficient (Wildman–Crippen LogP) is 3.20. The Hall–Kier alpha value is -3.37. The molecular formula is C26H28N4O5S. The van der Waals surface area contributed by atoms with Gasteiger partial charge in [0.1, 0.15) is 21.7 Å². The summed E-state index contributed by atoms with van der Waals surface area (Å²) in [6, 6.07) is 9.61. The van der Waals surface area contributed by atoms with Crippen LogP contribution in [0.15, 0.2) is 39.9 Å². The van der Waals surface area contributed by atoms with E-state index in [0.29, 0.717) is 40.0 Å². The average Bonchev–Trinajstić information content (AvgIpc) is 3.48. The second kappa shape index (κ2) is 9.25. The first kappa shape index (κ1) is 23.1. The van der Waals surface area contributed by atoms with Crippen LogP contribution in [0.3, 0.4) is 0 Å². The average molecular weight is 509 g/mol. The number of H-pyrrole nitrogens is 1. The summed E-state index contributed by atoms with van der Waals surface area (Å²) in [6.07, 6.45) is 1.64. The van der Waals surface area contributed by atoms with Crippen LogP contribution in [0, 0.1) is 5.92 Å². The lowest BCUT2D eigenvalue weighted by Crippen LogP contribution is -2.34. The number of unbranched alkanes of at least 4 members (excludes halogenated alkanes) is 1. The normalized spacial score (nSPS) is 19.3. The first-order chi connectivity index (χ1) is 17.6. The molecule has 0 radical (unpaired) electrons. The van der Waals surface area contributed by atoms with Gasteiger partial charge in [0, 0.05) is 43.1 Å². The maximum atomic E-state index is 13.1. The maximum Gasteiger partial charge on any atom is 0.328 e. The van der Waals surface area contributed by atoms with Gasteiger partial charge in [0.15, 0.2) is 0 Å². The van der Waals surface area contributed by atoms with Crippen molar-refractivity contribution in [2.24, 2.45) is 5.92 Å². The minimum Gasteiger partial charge on any atom is -0.496 e. The highest BCUT2D eigenvalue weighted by molar-refractivity contribution is 7.25. The lowest BCUT2D eigenvalue weighted by molar-refractivity contribution is 0.209. The standard InChI is InChI=1S/C26H28N4O5S/c1-33-17-6-5-7-18-21(17)16-13-29(12-15(16)14-35-18)10-3-4-11-30-25(31)24-23(28-26(30)32)22-19(36-24)8-9-20(27-22)34-2/h5-9,15-16H,3-4,10-14H2,1-2H3,(H,28,32)/t15-,16-/m1/s1. The molecule has 1 saturated heterocycles. The van der Waals surface area contributed by atoms with Crippen molar-refractivity contribution in [3.8, 4) is 17.4 Å². The van der Waals surface area contributed by atoms with E-state index >= 15 is 0 Å². The van der Waals surface area contributed by atoms with Crippen LogP contribution in [0.5, 0.6) is 17.4 Å². The van der Waals surface area contributed by atoms with Crippen LogP contribution in [-0.4, -0.2) is 59.9 Å². The van der Waals surface area contributed by atoms with Crippen molar-refractivity contribution >= 4 is 31.8 Å². The number of nitrogens with one attached hydrogen (secondary N) is 1. The van der Waals surface area contributed by atoms with Crippen molar-refractivity contribution in [3.63, 3.8) is 0 Å². The van der Waals surface area contributed by atoms with Gasteiger partial charge < -0.3 is 24.1 Å². The molecular weight excluding hydrogens is 480 g/mol. The molecule has 1 fully saturated rings. The number of hydrogen-bond donors (Lipinski definition) is 1. The molecule has 1 N–H and O–H groups in total. The third-order valence-electron chi connectivity index (χ3n) is 7.33. The largest absolute Gasteiger partial charge is 0.496 e. The number of aromatic amines is 1. The molecule has 0 bridgehead atoms. The first-order valence-corrected chi connectivity index (χ1v) is 13.0. The minimum atomic E-state index is -0.398. The van der Waals surface area contributed by atoms with Crippen molar-refractivity contribution in [2.45, 2.75) is 25.3 Å². The van der Waals surface area contributed by atoms with Gasteiger partial charge in [-0.15, -0.1) is 11.3 Å². The molecule has 9 nitrogen and oxygen atoms in total. The Labute approximate surface area is 211 Å². The Morgan fingerprint density at radius 2 is 1.97 bits per heavy atom. The zero-order valence-corrected chi connectivity index (χ0v) is 21.1. The summed E-state index contributed by atoms with van der Waals surface area (Å²) in [4.78, 5) is 35.6. The highest BCUT2D eigenvalue weighted by Gasteiger charge is 2.40. The van der Waals surface area contributed by atoms with E-state index < -0.39 is 5.69 Å². The van der Waals surface area contributed by atoms with Gasteiger partial charge in [-0.3, -0.25) is 9.36 Å². The van der Waals surface area contributed by atoms with Crippen LogP contribution >= 0.6 is 11.3 Å². The molecule has 188 valence electrons. The molecule has 2 aliphatic heterocycles. The number of rotatable bonds is 7.